The van der Waals surface area contributed by atoms with Gasteiger partial charge in [0.25, 0.3) is 0 Å². The molecule has 1 aliphatic heterocycles. The van der Waals surface area contributed by atoms with Crippen molar-refractivity contribution in [2.75, 3.05) is 0 Å². The van der Waals surface area contributed by atoms with Crippen molar-refractivity contribution in [2.45, 2.75) is 110 Å². The number of aliphatic hydroxyl groups is 1. The molecule has 1 aliphatic rings. The predicted molar refractivity (Wildman–Crippen MR) is 102 cm³/mol. The number of carboxylic acids is 1. The number of aliphatic carboxylic acids is 1. The van der Waals surface area contributed by atoms with Gasteiger partial charge < -0.3 is 14.9 Å². The molecule has 150 valence electrons. The number of carbonyl (C=O) groups is 2. The molecular formula is C21H36O5. The summed E-state index contributed by atoms with van der Waals surface area (Å²) in [6.07, 6.45) is 13.9. The van der Waals surface area contributed by atoms with Gasteiger partial charge in [-0.3, -0.25) is 0 Å². The van der Waals surface area contributed by atoms with E-state index < -0.39 is 18.0 Å². The maximum atomic E-state index is 11.5. The van der Waals surface area contributed by atoms with E-state index in [2.05, 4.69) is 0 Å². The number of carboxylic acid groups (broad SMARTS) is 1. The lowest BCUT2D eigenvalue weighted by molar-refractivity contribution is -0.140. The van der Waals surface area contributed by atoms with Gasteiger partial charge >= 0.3 is 11.9 Å². The fourth-order valence-corrected chi connectivity index (χ4v) is 3.49. The van der Waals surface area contributed by atoms with Gasteiger partial charge in [-0.1, -0.05) is 64.2 Å². The molecule has 0 saturated carbocycles. The molecule has 1 rings (SSSR count). The van der Waals surface area contributed by atoms with Crippen molar-refractivity contribution < 1.29 is 24.5 Å². The summed E-state index contributed by atoms with van der Waals surface area (Å²) in [5.41, 5.74) is 0.386. The summed E-state index contributed by atoms with van der Waals surface area (Å²) >= 11 is 0. The zero-order chi connectivity index (χ0) is 19.4. The molecule has 0 amide bonds. The minimum absolute atomic E-state index is 0.142. The largest absolute Gasteiger partial charge is 0.478 e. The van der Waals surface area contributed by atoms with E-state index in [9.17, 15) is 19.8 Å². The highest BCUT2D eigenvalue weighted by Gasteiger charge is 2.35. The van der Waals surface area contributed by atoms with E-state index >= 15 is 0 Å². The van der Waals surface area contributed by atoms with Gasteiger partial charge in [0.1, 0.15) is 6.10 Å². The van der Waals surface area contributed by atoms with Crippen LogP contribution in [-0.2, 0) is 14.3 Å². The van der Waals surface area contributed by atoms with E-state index in [4.69, 9.17) is 4.74 Å². The number of hydrogen-bond donors (Lipinski definition) is 2. The number of cyclic esters (lactones) is 1. The summed E-state index contributed by atoms with van der Waals surface area (Å²) in [7, 11) is 0. The van der Waals surface area contributed by atoms with Crippen LogP contribution in [0.3, 0.4) is 0 Å². The Kier molecular flexibility index (Phi) is 11.3. The first kappa shape index (κ1) is 22.7. The van der Waals surface area contributed by atoms with Crippen LogP contribution in [0.5, 0.6) is 0 Å². The summed E-state index contributed by atoms with van der Waals surface area (Å²) in [5.74, 6) is -1.53. The van der Waals surface area contributed by atoms with E-state index in [1.165, 1.54) is 51.9 Å². The Morgan fingerprint density at radius 3 is 1.88 bits per heavy atom. The Morgan fingerprint density at radius 1 is 0.962 bits per heavy atom. The van der Waals surface area contributed by atoms with E-state index in [-0.39, 0.29) is 17.3 Å². The molecule has 5 nitrogen and oxygen atoms in total. The second kappa shape index (κ2) is 12.9. The maximum Gasteiger partial charge on any atom is 0.335 e. The third kappa shape index (κ3) is 8.84. The first-order valence-corrected chi connectivity index (χ1v) is 10.3. The van der Waals surface area contributed by atoms with Crippen molar-refractivity contribution in [1.82, 2.24) is 0 Å². The van der Waals surface area contributed by atoms with Gasteiger partial charge in [0, 0.05) is 5.57 Å². The number of aliphatic hydroxyl groups excluding tert-OH is 1. The minimum Gasteiger partial charge on any atom is -0.478 e. The van der Waals surface area contributed by atoms with Crippen LogP contribution < -0.4 is 0 Å². The van der Waals surface area contributed by atoms with Gasteiger partial charge in [0.05, 0.1) is 11.7 Å². The van der Waals surface area contributed by atoms with Gasteiger partial charge in [-0.2, -0.15) is 0 Å². The van der Waals surface area contributed by atoms with Crippen LogP contribution >= 0.6 is 0 Å². The summed E-state index contributed by atoms with van der Waals surface area (Å²) in [6, 6.07) is 0. The lowest BCUT2D eigenvalue weighted by Gasteiger charge is -2.11. The number of rotatable bonds is 15. The molecule has 2 N–H and O–H groups in total. The van der Waals surface area contributed by atoms with Crippen molar-refractivity contribution in [3.05, 3.63) is 11.1 Å². The zero-order valence-corrected chi connectivity index (χ0v) is 16.5. The first-order chi connectivity index (χ1) is 12.4. The van der Waals surface area contributed by atoms with Crippen LogP contribution in [-0.4, -0.2) is 34.4 Å². The SMILES string of the molecule is CC1=C(C(=O)O)C(CCCCCCCCCCCCCC(C)O)OC1=O. The molecule has 0 saturated heterocycles. The third-order valence-electron chi connectivity index (χ3n) is 5.10. The van der Waals surface area contributed by atoms with Crippen LogP contribution in [0.15, 0.2) is 11.1 Å². The fourth-order valence-electron chi connectivity index (χ4n) is 3.49. The van der Waals surface area contributed by atoms with Gasteiger partial charge in [0.2, 0.25) is 0 Å². The van der Waals surface area contributed by atoms with E-state index in [0.29, 0.717) is 6.42 Å². The molecule has 2 unspecified atom stereocenters. The summed E-state index contributed by atoms with van der Waals surface area (Å²) in [4.78, 5) is 22.7. The van der Waals surface area contributed by atoms with Crippen molar-refractivity contribution >= 4 is 11.9 Å². The summed E-state index contributed by atoms with van der Waals surface area (Å²) < 4.78 is 5.15. The van der Waals surface area contributed by atoms with Crippen LogP contribution in [0.1, 0.15) is 97.3 Å². The molecule has 26 heavy (non-hydrogen) atoms. The highest BCUT2D eigenvalue weighted by molar-refractivity contribution is 6.03. The number of ether oxygens (including phenoxy) is 1. The Morgan fingerprint density at radius 2 is 1.42 bits per heavy atom. The van der Waals surface area contributed by atoms with Gasteiger partial charge in [-0.25, -0.2) is 9.59 Å². The van der Waals surface area contributed by atoms with Crippen molar-refractivity contribution in [3.63, 3.8) is 0 Å². The second-order valence-electron chi connectivity index (χ2n) is 7.55. The van der Waals surface area contributed by atoms with Gasteiger partial charge in [-0.05, 0) is 33.1 Å². The number of unbranched alkanes of at least 4 members (excludes halogenated alkanes) is 10. The van der Waals surface area contributed by atoms with E-state index in [1.54, 1.807) is 0 Å². The van der Waals surface area contributed by atoms with E-state index in [0.717, 1.165) is 32.1 Å². The molecule has 0 spiro atoms. The zero-order valence-electron chi connectivity index (χ0n) is 16.5. The molecule has 0 bridgehead atoms. The highest BCUT2D eigenvalue weighted by Crippen LogP contribution is 2.26. The van der Waals surface area contributed by atoms with Crippen LogP contribution in [0.25, 0.3) is 0 Å². The molecule has 0 aromatic carbocycles. The van der Waals surface area contributed by atoms with Crippen LogP contribution in [0.2, 0.25) is 0 Å². The number of esters is 1. The molecule has 0 fully saturated rings. The Bertz CT molecular complexity index is 467. The Balaban J connectivity index is 1.94. The summed E-state index contributed by atoms with van der Waals surface area (Å²) in [6.45, 7) is 3.38. The normalized spacial score (nSPS) is 18.3. The second-order valence-corrected chi connectivity index (χ2v) is 7.55. The van der Waals surface area contributed by atoms with Crippen molar-refractivity contribution in [3.8, 4) is 0 Å². The van der Waals surface area contributed by atoms with Crippen LogP contribution in [0.4, 0.5) is 0 Å². The lowest BCUT2D eigenvalue weighted by Crippen LogP contribution is -2.17. The molecule has 1 heterocycles. The number of hydrogen-bond acceptors (Lipinski definition) is 4. The molecule has 5 heteroatoms. The Hall–Kier alpha value is -1.36. The highest BCUT2D eigenvalue weighted by atomic mass is 16.5. The Labute approximate surface area is 157 Å². The van der Waals surface area contributed by atoms with Gasteiger partial charge in [-0.15, -0.1) is 0 Å². The number of carbonyl (C=O) groups excluding carboxylic acids is 1. The van der Waals surface area contributed by atoms with Crippen molar-refractivity contribution in [2.24, 2.45) is 0 Å². The average Bonchev–Trinajstić information content (AvgIpc) is 2.86. The molecule has 0 aliphatic carbocycles. The molecule has 2 atom stereocenters. The first-order valence-electron chi connectivity index (χ1n) is 10.3. The molecule has 0 aromatic heterocycles. The maximum absolute atomic E-state index is 11.5. The lowest BCUT2D eigenvalue weighted by atomic mass is 10.00. The monoisotopic (exact) mass is 368 g/mol. The van der Waals surface area contributed by atoms with Crippen LogP contribution in [0, 0.1) is 0 Å². The minimum atomic E-state index is -1.04. The van der Waals surface area contributed by atoms with E-state index in [1.807, 2.05) is 6.92 Å². The molecular weight excluding hydrogens is 332 g/mol. The third-order valence-corrected chi connectivity index (χ3v) is 5.10. The quantitative estimate of drug-likeness (QED) is 0.321. The standard InChI is InChI=1S/C21H36O5/c1-16(22)14-12-10-8-6-4-3-5-7-9-11-13-15-18-19(20(23)24)17(2)21(25)26-18/h16,18,22H,3-15H2,1-2H3,(H,23,24). The predicted octanol–water partition coefficient (Wildman–Crippen LogP) is 4.77. The molecule has 0 aromatic rings. The molecule has 0 radical (unpaired) electrons. The smallest absolute Gasteiger partial charge is 0.335 e. The van der Waals surface area contributed by atoms with Crippen molar-refractivity contribution in [1.29, 1.82) is 0 Å². The average molecular weight is 369 g/mol. The fraction of sp³-hybridized carbons (Fsp3) is 0.810. The summed E-state index contributed by atoms with van der Waals surface area (Å²) in [5, 5.41) is 18.4. The van der Waals surface area contributed by atoms with Gasteiger partial charge in [0.15, 0.2) is 0 Å². The topological polar surface area (TPSA) is 83.8 Å².